The molecule has 0 saturated carbocycles. The van der Waals surface area contributed by atoms with Gasteiger partial charge in [0.05, 0.1) is 0 Å². The lowest BCUT2D eigenvalue weighted by Crippen LogP contribution is -2.11. The monoisotopic (exact) mass is 285 g/mol. The van der Waals surface area contributed by atoms with Crippen molar-refractivity contribution in [2.75, 3.05) is 0 Å². The summed E-state index contributed by atoms with van der Waals surface area (Å²) in [4.78, 5) is 11.1. The molecule has 1 heterocycles. The first-order valence-electron chi connectivity index (χ1n) is 5.59. The quantitative estimate of drug-likeness (QED) is 0.914. The number of carboxylic acids is 1. The summed E-state index contributed by atoms with van der Waals surface area (Å²) in [6.07, 6.45) is -4.91. The molecule has 7 heteroatoms. The third-order valence-corrected chi connectivity index (χ3v) is 2.81. The molecule has 0 unspecified atom stereocenters. The van der Waals surface area contributed by atoms with E-state index in [1.165, 1.54) is 0 Å². The van der Waals surface area contributed by atoms with Gasteiger partial charge in [-0.2, -0.15) is 13.2 Å². The standard InChI is InChI=1S/C13H10F3NO3/c1-6-3-4-7(2)8(5-6)10-9(12(18)19)11(20-17-10)13(14,15)16/h3-5H,1-2H3,(H,18,19). The molecule has 0 bridgehead atoms. The summed E-state index contributed by atoms with van der Waals surface area (Å²) in [5, 5.41) is 12.3. The minimum atomic E-state index is -4.91. The number of benzene rings is 1. The van der Waals surface area contributed by atoms with Crippen molar-refractivity contribution in [2.24, 2.45) is 0 Å². The molecule has 0 radical (unpaired) electrons. The van der Waals surface area contributed by atoms with E-state index in [1.54, 1.807) is 32.0 Å². The predicted molar refractivity (Wildman–Crippen MR) is 63.4 cm³/mol. The number of aryl methyl sites for hydroxylation is 2. The van der Waals surface area contributed by atoms with Crippen LogP contribution in [0.15, 0.2) is 22.7 Å². The van der Waals surface area contributed by atoms with Gasteiger partial charge in [0.2, 0.25) is 0 Å². The summed E-state index contributed by atoms with van der Waals surface area (Å²) in [6, 6.07) is 5.02. The fourth-order valence-electron chi connectivity index (χ4n) is 1.86. The van der Waals surface area contributed by atoms with E-state index in [-0.39, 0.29) is 5.69 Å². The summed E-state index contributed by atoms with van der Waals surface area (Å²) in [6.45, 7) is 3.40. The maximum atomic E-state index is 12.7. The molecule has 1 aromatic carbocycles. The summed E-state index contributed by atoms with van der Waals surface area (Å²) >= 11 is 0. The number of carbonyl (C=O) groups is 1. The van der Waals surface area contributed by atoms with E-state index in [4.69, 9.17) is 5.11 Å². The van der Waals surface area contributed by atoms with Crippen LogP contribution in [0.4, 0.5) is 13.2 Å². The average Bonchev–Trinajstić information content (AvgIpc) is 2.76. The lowest BCUT2D eigenvalue weighted by molar-refractivity contribution is -0.156. The second-order valence-electron chi connectivity index (χ2n) is 4.36. The Bertz CT molecular complexity index is 674. The van der Waals surface area contributed by atoms with Gasteiger partial charge in [0.1, 0.15) is 11.3 Å². The van der Waals surface area contributed by atoms with Crippen LogP contribution in [0.5, 0.6) is 0 Å². The number of halogens is 3. The molecule has 0 fully saturated rings. The molecule has 4 nitrogen and oxygen atoms in total. The van der Waals surface area contributed by atoms with E-state index in [9.17, 15) is 18.0 Å². The fraction of sp³-hybridized carbons (Fsp3) is 0.231. The molecule has 0 aliphatic rings. The molecule has 2 rings (SSSR count). The zero-order chi connectivity index (χ0) is 15.1. The Morgan fingerprint density at radius 2 is 1.95 bits per heavy atom. The largest absolute Gasteiger partial charge is 0.477 e. The van der Waals surface area contributed by atoms with Crippen LogP contribution >= 0.6 is 0 Å². The van der Waals surface area contributed by atoms with Crippen LogP contribution < -0.4 is 0 Å². The number of hydrogen-bond acceptors (Lipinski definition) is 3. The van der Waals surface area contributed by atoms with Gasteiger partial charge in [-0.15, -0.1) is 0 Å². The third-order valence-electron chi connectivity index (χ3n) is 2.81. The Morgan fingerprint density at radius 3 is 2.50 bits per heavy atom. The van der Waals surface area contributed by atoms with Crippen molar-refractivity contribution in [3.63, 3.8) is 0 Å². The highest BCUT2D eigenvalue weighted by molar-refractivity contribution is 5.96. The second-order valence-corrected chi connectivity index (χ2v) is 4.36. The van der Waals surface area contributed by atoms with Gasteiger partial charge in [-0.1, -0.05) is 22.9 Å². The van der Waals surface area contributed by atoms with Crippen LogP contribution in [0, 0.1) is 13.8 Å². The maximum Gasteiger partial charge on any atom is 0.453 e. The van der Waals surface area contributed by atoms with Crippen molar-refractivity contribution in [1.82, 2.24) is 5.16 Å². The van der Waals surface area contributed by atoms with Gasteiger partial charge in [-0.3, -0.25) is 0 Å². The summed E-state index contributed by atoms with van der Waals surface area (Å²) in [5.41, 5.74) is 0.414. The minimum absolute atomic E-state index is 0.307. The van der Waals surface area contributed by atoms with E-state index >= 15 is 0 Å². The first-order valence-corrected chi connectivity index (χ1v) is 5.59. The Labute approximate surface area is 111 Å². The van der Waals surface area contributed by atoms with Crippen molar-refractivity contribution in [3.05, 3.63) is 40.6 Å². The smallest absolute Gasteiger partial charge is 0.453 e. The number of aromatic nitrogens is 1. The van der Waals surface area contributed by atoms with E-state index in [2.05, 4.69) is 9.68 Å². The van der Waals surface area contributed by atoms with Crippen LogP contribution in [0.3, 0.4) is 0 Å². The molecule has 2 aromatic rings. The number of alkyl halides is 3. The molecule has 106 valence electrons. The maximum absolute atomic E-state index is 12.7. The summed E-state index contributed by atoms with van der Waals surface area (Å²) in [5.74, 6) is -3.32. The average molecular weight is 285 g/mol. The molecule has 0 aliphatic carbocycles. The topological polar surface area (TPSA) is 63.3 Å². The first kappa shape index (κ1) is 14.1. The number of aromatic carboxylic acids is 1. The molecule has 0 aliphatic heterocycles. The Kier molecular flexibility index (Phi) is 3.29. The number of rotatable bonds is 2. The van der Waals surface area contributed by atoms with E-state index in [1.807, 2.05) is 0 Å². The first-order chi connectivity index (χ1) is 9.21. The molecule has 1 aromatic heterocycles. The fourth-order valence-corrected chi connectivity index (χ4v) is 1.86. The van der Waals surface area contributed by atoms with Crippen LogP contribution in [0.1, 0.15) is 27.2 Å². The van der Waals surface area contributed by atoms with Gasteiger partial charge in [-0.25, -0.2) is 4.79 Å². The summed E-state index contributed by atoms with van der Waals surface area (Å²) in [7, 11) is 0. The number of carboxylic acid groups (broad SMARTS) is 1. The zero-order valence-electron chi connectivity index (χ0n) is 10.6. The highest BCUT2D eigenvalue weighted by atomic mass is 19.4. The van der Waals surface area contributed by atoms with E-state index in [0.717, 1.165) is 5.56 Å². The van der Waals surface area contributed by atoms with Gasteiger partial charge in [0.25, 0.3) is 5.76 Å². The number of hydrogen-bond donors (Lipinski definition) is 1. The molecule has 0 saturated heterocycles. The molecule has 20 heavy (non-hydrogen) atoms. The molecule has 0 spiro atoms. The lowest BCUT2D eigenvalue weighted by Gasteiger charge is -2.06. The zero-order valence-corrected chi connectivity index (χ0v) is 10.6. The van der Waals surface area contributed by atoms with Crippen LogP contribution in [-0.4, -0.2) is 16.2 Å². The van der Waals surface area contributed by atoms with Gasteiger partial charge in [0.15, 0.2) is 0 Å². The molecule has 0 amide bonds. The highest BCUT2D eigenvalue weighted by Gasteiger charge is 2.43. The van der Waals surface area contributed by atoms with Crippen molar-refractivity contribution >= 4 is 5.97 Å². The number of nitrogens with zero attached hydrogens (tertiary/aromatic N) is 1. The van der Waals surface area contributed by atoms with Gasteiger partial charge < -0.3 is 9.63 Å². The normalized spacial score (nSPS) is 11.7. The van der Waals surface area contributed by atoms with Crippen molar-refractivity contribution < 1.29 is 27.6 Å². The van der Waals surface area contributed by atoms with Crippen LogP contribution in [0.2, 0.25) is 0 Å². The second kappa shape index (κ2) is 4.66. The Hall–Kier alpha value is -2.31. The van der Waals surface area contributed by atoms with Gasteiger partial charge in [0, 0.05) is 5.56 Å². The Morgan fingerprint density at radius 1 is 1.30 bits per heavy atom. The minimum Gasteiger partial charge on any atom is -0.477 e. The highest BCUT2D eigenvalue weighted by Crippen LogP contribution is 2.37. The molecular formula is C13H10F3NO3. The summed E-state index contributed by atoms with van der Waals surface area (Å²) < 4.78 is 42.4. The van der Waals surface area contributed by atoms with E-state index < -0.39 is 23.5 Å². The van der Waals surface area contributed by atoms with Crippen molar-refractivity contribution in [1.29, 1.82) is 0 Å². The van der Waals surface area contributed by atoms with Crippen molar-refractivity contribution in [3.8, 4) is 11.3 Å². The Balaban J connectivity index is 2.73. The van der Waals surface area contributed by atoms with E-state index in [0.29, 0.717) is 11.1 Å². The molecular weight excluding hydrogens is 275 g/mol. The molecule has 0 atom stereocenters. The SMILES string of the molecule is Cc1ccc(C)c(-c2noc(C(F)(F)F)c2C(=O)O)c1. The van der Waals surface area contributed by atoms with Gasteiger partial charge in [-0.05, 0) is 25.5 Å². The van der Waals surface area contributed by atoms with Gasteiger partial charge >= 0.3 is 12.1 Å². The van der Waals surface area contributed by atoms with Crippen molar-refractivity contribution in [2.45, 2.75) is 20.0 Å². The molecule has 1 N–H and O–H groups in total. The predicted octanol–water partition coefficient (Wildman–Crippen LogP) is 3.68. The van der Waals surface area contributed by atoms with Crippen LogP contribution in [0.25, 0.3) is 11.3 Å². The third kappa shape index (κ3) is 2.38. The lowest BCUT2D eigenvalue weighted by atomic mass is 9.99. The van der Waals surface area contributed by atoms with Crippen LogP contribution in [-0.2, 0) is 6.18 Å².